The predicted molar refractivity (Wildman–Crippen MR) is 75.1 cm³/mol. The smallest absolute Gasteiger partial charge is 0.336 e. The maximum atomic E-state index is 11.2. The molecule has 0 bridgehead atoms. The van der Waals surface area contributed by atoms with Gasteiger partial charge in [-0.05, 0) is 18.2 Å². The minimum Gasteiger partial charge on any atom is -0.423 e. The monoisotopic (exact) mass is 241 g/mol. The van der Waals surface area contributed by atoms with Crippen molar-refractivity contribution in [2.24, 2.45) is 0 Å². The maximum Gasteiger partial charge on any atom is 0.336 e. The molecule has 0 radical (unpaired) electrons. The van der Waals surface area contributed by atoms with Crippen molar-refractivity contribution >= 4 is 16.7 Å². The fourth-order valence-corrected chi connectivity index (χ4v) is 1.84. The van der Waals surface area contributed by atoms with Crippen molar-refractivity contribution in [1.29, 1.82) is 0 Å². The molecule has 0 fully saturated rings. The first-order valence-corrected chi connectivity index (χ1v) is 5.75. The summed E-state index contributed by atoms with van der Waals surface area (Å²) in [5, 5.41) is 0.913. The highest BCUT2D eigenvalue weighted by molar-refractivity contribution is 5.80. The van der Waals surface area contributed by atoms with Crippen LogP contribution in [0.5, 0.6) is 0 Å². The third-order valence-electron chi connectivity index (χ3n) is 2.67. The molecule has 0 N–H and O–H groups in total. The fraction of sp³-hybridized carbons (Fsp3) is 0.133. The molecule has 2 aromatic rings. The number of nitrogens with zero attached hydrogens (tertiary/aromatic N) is 1. The second-order valence-electron chi connectivity index (χ2n) is 3.96. The zero-order valence-corrected chi connectivity index (χ0v) is 10.1. The van der Waals surface area contributed by atoms with Gasteiger partial charge in [-0.25, -0.2) is 4.79 Å². The summed E-state index contributed by atoms with van der Waals surface area (Å²) in [5.41, 5.74) is 1.24. The van der Waals surface area contributed by atoms with Crippen LogP contribution in [0.2, 0.25) is 0 Å². The Kier molecular flexibility index (Phi) is 3.63. The predicted octanol–water partition coefficient (Wildman–Crippen LogP) is 2.97. The van der Waals surface area contributed by atoms with E-state index in [1.165, 1.54) is 6.07 Å². The van der Waals surface area contributed by atoms with E-state index in [1.807, 2.05) is 30.4 Å². The van der Waals surface area contributed by atoms with E-state index in [9.17, 15) is 4.79 Å². The Hall–Kier alpha value is -2.29. The van der Waals surface area contributed by atoms with E-state index in [0.717, 1.165) is 11.1 Å². The van der Waals surface area contributed by atoms with Gasteiger partial charge >= 0.3 is 5.63 Å². The van der Waals surface area contributed by atoms with Crippen molar-refractivity contribution in [1.82, 2.24) is 0 Å². The molecule has 0 amide bonds. The molecule has 0 aliphatic rings. The molecule has 1 aromatic heterocycles. The van der Waals surface area contributed by atoms with Crippen LogP contribution in [-0.4, -0.2) is 13.1 Å². The third kappa shape index (κ3) is 2.51. The zero-order chi connectivity index (χ0) is 13.0. The molecule has 0 aliphatic heterocycles. The van der Waals surface area contributed by atoms with E-state index in [0.29, 0.717) is 18.7 Å². The number of benzene rings is 1. The minimum atomic E-state index is -0.335. The summed E-state index contributed by atoms with van der Waals surface area (Å²) < 4.78 is 5.17. The SMILES string of the molecule is C=CCN(CC=C)c1ccc2ccc(=O)oc2c1. The number of fused-ring (bicyclic) bond motifs is 1. The van der Waals surface area contributed by atoms with Gasteiger partial charge in [0.25, 0.3) is 0 Å². The lowest BCUT2D eigenvalue weighted by Gasteiger charge is -2.21. The van der Waals surface area contributed by atoms with E-state index < -0.39 is 0 Å². The van der Waals surface area contributed by atoms with Crippen LogP contribution < -0.4 is 10.5 Å². The molecule has 0 unspecified atom stereocenters. The highest BCUT2D eigenvalue weighted by atomic mass is 16.4. The van der Waals surface area contributed by atoms with E-state index >= 15 is 0 Å². The Labute approximate surface area is 106 Å². The van der Waals surface area contributed by atoms with Crippen LogP contribution in [0, 0.1) is 0 Å². The molecule has 3 nitrogen and oxygen atoms in total. The average molecular weight is 241 g/mol. The molecule has 3 heteroatoms. The van der Waals surface area contributed by atoms with E-state index in [4.69, 9.17) is 4.42 Å². The van der Waals surface area contributed by atoms with E-state index in [2.05, 4.69) is 18.1 Å². The summed E-state index contributed by atoms with van der Waals surface area (Å²) in [6, 6.07) is 8.98. The quantitative estimate of drug-likeness (QED) is 0.596. The number of hydrogen-bond acceptors (Lipinski definition) is 3. The van der Waals surface area contributed by atoms with Crippen LogP contribution in [-0.2, 0) is 0 Å². The van der Waals surface area contributed by atoms with Crippen molar-refractivity contribution < 1.29 is 4.42 Å². The molecule has 1 heterocycles. The Balaban J connectivity index is 2.46. The van der Waals surface area contributed by atoms with Crippen LogP contribution in [0.1, 0.15) is 0 Å². The first kappa shape index (κ1) is 12.2. The molecular formula is C15H15NO2. The van der Waals surface area contributed by atoms with Gasteiger partial charge in [-0.1, -0.05) is 12.2 Å². The maximum absolute atomic E-state index is 11.2. The van der Waals surface area contributed by atoms with Crippen molar-refractivity contribution in [2.75, 3.05) is 18.0 Å². The highest BCUT2D eigenvalue weighted by Crippen LogP contribution is 2.21. The van der Waals surface area contributed by atoms with Gasteiger partial charge in [0.1, 0.15) is 5.58 Å². The van der Waals surface area contributed by atoms with Crippen molar-refractivity contribution in [3.05, 3.63) is 66.1 Å². The normalized spacial score (nSPS) is 10.2. The van der Waals surface area contributed by atoms with Crippen molar-refractivity contribution in [3.63, 3.8) is 0 Å². The Morgan fingerprint density at radius 3 is 2.44 bits per heavy atom. The van der Waals surface area contributed by atoms with Crippen LogP contribution in [0.3, 0.4) is 0 Å². The van der Waals surface area contributed by atoms with Crippen LogP contribution in [0.25, 0.3) is 11.0 Å². The summed E-state index contributed by atoms with van der Waals surface area (Å²) in [4.78, 5) is 13.3. The molecular weight excluding hydrogens is 226 g/mol. The lowest BCUT2D eigenvalue weighted by Crippen LogP contribution is -2.22. The summed E-state index contributed by atoms with van der Waals surface area (Å²) in [6.45, 7) is 8.90. The lowest BCUT2D eigenvalue weighted by atomic mass is 10.2. The Morgan fingerprint density at radius 1 is 1.11 bits per heavy atom. The molecule has 0 spiro atoms. The summed E-state index contributed by atoms with van der Waals surface area (Å²) >= 11 is 0. The zero-order valence-electron chi connectivity index (χ0n) is 10.1. The van der Waals surface area contributed by atoms with Crippen molar-refractivity contribution in [3.8, 4) is 0 Å². The Morgan fingerprint density at radius 2 is 1.78 bits per heavy atom. The lowest BCUT2D eigenvalue weighted by molar-refractivity contribution is 0.561. The molecule has 0 saturated heterocycles. The standard InChI is InChI=1S/C15H15NO2/c1-3-9-16(10-4-2)13-7-5-12-6-8-15(17)18-14(12)11-13/h3-8,11H,1-2,9-10H2. The first-order valence-electron chi connectivity index (χ1n) is 5.75. The molecule has 92 valence electrons. The highest BCUT2D eigenvalue weighted by Gasteiger charge is 2.05. The summed E-state index contributed by atoms with van der Waals surface area (Å²) in [5.74, 6) is 0. The summed E-state index contributed by atoms with van der Waals surface area (Å²) in [6.07, 6.45) is 3.66. The van der Waals surface area contributed by atoms with Crippen molar-refractivity contribution in [2.45, 2.75) is 0 Å². The van der Waals surface area contributed by atoms with Gasteiger partial charge in [0, 0.05) is 36.3 Å². The molecule has 0 saturated carbocycles. The van der Waals surface area contributed by atoms with Gasteiger partial charge in [0.05, 0.1) is 0 Å². The molecule has 18 heavy (non-hydrogen) atoms. The molecule has 1 aromatic carbocycles. The van der Waals surface area contributed by atoms with Gasteiger partial charge in [0.15, 0.2) is 0 Å². The largest absolute Gasteiger partial charge is 0.423 e. The molecule has 0 aliphatic carbocycles. The fourth-order valence-electron chi connectivity index (χ4n) is 1.84. The topological polar surface area (TPSA) is 33.5 Å². The van der Waals surface area contributed by atoms with E-state index in [1.54, 1.807) is 6.07 Å². The average Bonchev–Trinajstić information content (AvgIpc) is 2.37. The van der Waals surface area contributed by atoms with Crippen LogP contribution in [0.15, 0.2) is 64.9 Å². The van der Waals surface area contributed by atoms with Gasteiger partial charge < -0.3 is 9.32 Å². The number of anilines is 1. The second kappa shape index (κ2) is 5.36. The second-order valence-corrected chi connectivity index (χ2v) is 3.96. The Bertz CT molecular complexity index is 618. The number of hydrogen-bond donors (Lipinski definition) is 0. The number of rotatable bonds is 5. The minimum absolute atomic E-state index is 0.335. The summed E-state index contributed by atoms with van der Waals surface area (Å²) in [7, 11) is 0. The molecule has 0 atom stereocenters. The van der Waals surface area contributed by atoms with E-state index in [-0.39, 0.29) is 5.63 Å². The molecule has 2 rings (SSSR count). The van der Waals surface area contributed by atoms with Gasteiger partial charge in [0.2, 0.25) is 0 Å². The first-order chi connectivity index (χ1) is 8.74. The van der Waals surface area contributed by atoms with Crippen LogP contribution in [0.4, 0.5) is 5.69 Å². The van der Waals surface area contributed by atoms with Gasteiger partial charge in [-0.15, -0.1) is 13.2 Å². The van der Waals surface area contributed by atoms with Gasteiger partial charge in [-0.3, -0.25) is 0 Å². The van der Waals surface area contributed by atoms with Crippen LogP contribution >= 0.6 is 0 Å². The van der Waals surface area contributed by atoms with Gasteiger partial charge in [-0.2, -0.15) is 0 Å². The third-order valence-corrected chi connectivity index (χ3v) is 2.67.